The Morgan fingerprint density at radius 3 is 2.70 bits per heavy atom. The summed E-state index contributed by atoms with van der Waals surface area (Å²) < 4.78 is 0. The van der Waals surface area contributed by atoms with E-state index in [1.807, 2.05) is 18.2 Å². The number of fused-ring (bicyclic) bond motifs is 1. The molecular formula is C16H24N4. The van der Waals surface area contributed by atoms with Crippen LogP contribution in [0.1, 0.15) is 40.0 Å². The molecule has 0 aliphatic heterocycles. The van der Waals surface area contributed by atoms with Gasteiger partial charge >= 0.3 is 0 Å². The maximum Gasteiger partial charge on any atom is 0.140 e. The van der Waals surface area contributed by atoms with Crippen LogP contribution in [0.5, 0.6) is 0 Å². The summed E-state index contributed by atoms with van der Waals surface area (Å²) in [7, 11) is 0. The molecule has 20 heavy (non-hydrogen) atoms. The van der Waals surface area contributed by atoms with Crippen LogP contribution in [0.4, 0.5) is 11.5 Å². The molecule has 0 fully saturated rings. The Kier molecular flexibility index (Phi) is 4.77. The van der Waals surface area contributed by atoms with Gasteiger partial charge in [0, 0.05) is 23.7 Å². The SMILES string of the molecule is CCCCCN(c1ncnc2cc(N)ccc12)C(C)C. The molecule has 4 heteroatoms. The third-order valence-electron chi connectivity index (χ3n) is 3.54. The molecule has 0 unspecified atom stereocenters. The monoisotopic (exact) mass is 272 g/mol. The molecule has 0 aliphatic rings. The molecule has 1 aromatic carbocycles. The first kappa shape index (κ1) is 14.6. The van der Waals surface area contributed by atoms with Gasteiger partial charge in [0.1, 0.15) is 12.1 Å². The van der Waals surface area contributed by atoms with Crippen LogP contribution in [-0.2, 0) is 0 Å². The number of nitrogen functional groups attached to an aromatic ring is 1. The van der Waals surface area contributed by atoms with E-state index in [9.17, 15) is 0 Å². The summed E-state index contributed by atoms with van der Waals surface area (Å²) in [5.41, 5.74) is 7.49. The smallest absolute Gasteiger partial charge is 0.140 e. The highest BCUT2D eigenvalue weighted by atomic mass is 15.2. The molecule has 0 radical (unpaired) electrons. The van der Waals surface area contributed by atoms with Crippen LogP contribution >= 0.6 is 0 Å². The molecule has 108 valence electrons. The molecule has 0 saturated carbocycles. The van der Waals surface area contributed by atoms with Crippen molar-refractivity contribution in [1.82, 2.24) is 9.97 Å². The molecule has 1 heterocycles. The first-order valence-electron chi connectivity index (χ1n) is 7.40. The lowest BCUT2D eigenvalue weighted by Crippen LogP contribution is -2.32. The van der Waals surface area contributed by atoms with E-state index < -0.39 is 0 Å². The average molecular weight is 272 g/mol. The van der Waals surface area contributed by atoms with E-state index in [1.54, 1.807) is 6.33 Å². The van der Waals surface area contributed by atoms with Crippen LogP contribution in [-0.4, -0.2) is 22.6 Å². The van der Waals surface area contributed by atoms with Gasteiger partial charge in [-0.1, -0.05) is 19.8 Å². The first-order valence-corrected chi connectivity index (χ1v) is 7.40. The van der Waals surface area contributed by atoms with Crippen LogP contribution in [0, 0.1) is 0 Å². The highest BCUT2D eigenvalue weighted by Crippen LogP contribution is 2.26. The molecule has 0 amide bonds. The minimum Gasteiger partial charge on any atom is -0.399 e. The Bertz CT molecular complexity index is 565. The van der Waals surface area contributed by atoms with Crippen molar-refractivity contribution in [1.29, 1.82) is 0 Å². The second kappa shape index (κ2) is 6.55. The fourth-order valence-electron chi connectivity index (χ4n) is 2.43. The number of hydrogen-bond acceptors (Lipinski definition) is 4. The first-order chi connectivity index (χ1) is 9.63. The third-order valence-corrected chi connectivity index (χ3v) is 3.54. The van der Waals surface area contributed by atoms with Gasteiger partial charge in [0.15, 0.2) is 0 Å². The van der Waals surface area contributed by atoms with Gasteiger partial charge in [0.05, 0.1) is 5.52 Å². The Balaban J connectivity index is 2.37. The minimum atomic E-state index is 0.419. The maximum atomic E-state index is 5.83. The van der Waals surface area contributed by atoms with Gasteiger partial charge in [0.2, 0.25) is 0 Å². The quantitative estimate of drug-likeness (QED) is 0.644. The number of aromatic nitrogens is 2. The minimum absolute atomic E-state index is 0.419. The largest absolute Gasteiger partial charge is 0.399 e. The molecule has 4 nitrogen and oxygen atoms in total. The summed E-state index contributed by atoms with van der Waals surface area (Å²) in [5.74, 6) is 1.01. The topological polar surface area (TPSA) is 55.0 Å². The molecule has 0 atom stereocenters. The highest BCUT2D eigenvalue weighted by Gasteiger charge is 2.15. The second-order valence-electron chi connectivity index (χ2n) is 5.47. The molecular weight excluding hydrogens is 248 g/mol. The van der Waals surface area contributed by atoms with Crippen molar-refractivity contribution in [2.45, 2.75) is 46.1 Å². The number of benzene rings is 1. The Morgan fingerprint density at radius 1 is 1.20 bits per heavy atom. The number of anilines is 2. The van der Waals surface area contributed by atoms with E-state index in [-0.39, 0.29) is 0 Å². The van der Waals surface area contributed by atoms with Crippen molar-refractivity contribution in [2.75, 3.05) is 17.2 Å². The summed E-state index contributed by atoms with van der Waals surface area (Å²) in [6.07, 6.45) is 5.30. The maximum absolute atomic E-state index is 5.83. The molecule has 0 spiro atoms. The van der Waals surface area contributed by atoms with E-state index in [2.05, 4.69) is 35.6 Å². The summed E-state index contributed by atoms with van der Waals surface area (Å²) in [4.78, 5) is 11.2. The molecule has 1 aromatic heterocycles. The predicted octanol–water partition coefficient (Wildman–Crippen LogP) is 3.62. The normalized spacial score (nSPS) is 11.2. The molecule has 0 bridgehead atoms. The number of rotatable bonds is 6. The fourth-order valence-corrected chi connectivity index (χ4v) is 2.43. The predicted molar refractivity (Wildman–Crippen MR) is 86.0 cm³/mol. The summed E-state index contributed by atoms with van der Waals surface area (Å²) in [6, 6.07) is 6.27. The summed E-state index contributed by atoms with van der Waals surface area (Å²) in [5, 5.41) is 1.08. The molecule has 2 N–H and O–H groups in total. The zero-order chi connectivity index (χ0) is 14.5. The van der Waals surface area contributed by atoms with Crippen molar-refractivity contribution in [2.24, 2.45) is 0 Å². The number of unbranched alkanes of at least 4 members (excludes halogenated alkanes) is 2. The van der Waals surface area contributed by atoms with E-state index >= 15 is 0 Å². The van der Waals surface area contributed by atoms with Gasteiger partial charge in [-0.05, 0) is 38.5 Å². The zero-order valence-corrected chi connectivity index (χ0v) is 12.6. The number of nitrogens with two attached hydrogens (primary N) is 1. The zero-order valence-electron chi connectivity index (χ0n) is 12.6. The van der Waals surface area contributed by atoms with Gasteiger partial charge < -0.3 is 10.6 Å². The van der Waals surface area contributed by atoms with Gasteiger partial charge in [-0.3, -0.25) is 0 Å². The van der Waals surface area contributed by atoms with Crippen molar-refractivity contribution in [3.63, 3.8) is 0 Å². The standard InChI is InChI=1S/C16H24N4/c1-4-5-6-9-20(12(2)3)16-14-8-7-13(17)10-15(14)18-11-19-16/h7-8,10-12H,4-6,9,17H2,1-3H3. The number of hydrogen-bond donors (Lipinski definition) is 1. The Morgan fingerprint density at radius 2 is 2.00 bits per heavy atom. The van der Waals surface area contributed by atoms with Crippen LogP contribution in [0.2, 0.25) is 0 Å². The van der Waals surface area contributed by atoms with Crippen LogP contribution in [0.3, 0.4) is 0 Å². The van der Waals surface area contributed by atoms with Crippen LogP contribution < -0.4 is 10.6 Å². The van der Waals surface area contributed by atoms with E-state index in [1.165, 1.54) is 19.3 Å². The number of nitrogens with zero attached hydrogens (tertiary/aromatic N) is 3. The van der Waals surface area contributed by atoms with Gasteiger partial charge in [-0.25, -0.2) is 9.97 Å². The van der Waals surface area contributed by atoms with Gasteiger partial charge in [-0.2, -0.15) is 0 Å². The van der Waals surface area contributed by atoms with Crippen LogP contribution in [0.15, 0.2) is 24.5 Å². The Labute approximate surface area is 121 Å². The van der Waals surface area contributed by atoms with E-state index in [4.69, 9.17) is 5.73 Å². The van der Waals surface area contributed by atoms with E-state index in [0.717, 1.165) is 29.0 Å². The summed E-state index contributed by atoms with van der Waals surface area (Å²) in [6.45, 7) is 7.67. The highest BCUT2D eigenvalue weighted by molar-refractivity contribution is 5.91. The van der Waals surface area contributed by atoms with Crippen LogP contribution in [0.25, 0.3) is 10.9 Å². The molecule has 0 aliphatic carbocycles. The lowest BCUT2D eigenvalue weighted by molar-refractivity contribution is 0.621. The van der Waals surface area contributed by atoms with Crippen molar-refractivity contribution < 1.29 is 0 Å². The van der Waals surface area contributed by atoms with Crippen molar-refractivity contribution in [3.8, 4) is 0 Å². The van der Waals surface area contributed by atoms with Gasteiger partial charge in [-0.15, -0.1) is 0 Å². The molecule has 2 rings (SSSR count). The lowest BCUT2D eigenvalue weighted by Gasteiger charge is -2.28. The average Bonchev–Trinajstić information content (AvgIpc) is 2.42. The third kappa shape index (κ3) is 3.18. The van der Waals surface area contributed by atoms with Crippen molar-refractivity contribution in [3.05, 3.63) is 24.5 Å². The Hall–Kier alpha value is -1.84. The summed E-state index contributed by atoms with van der Waals surface area (Å²) >= 11 is 0. The molecule has 0 saturated heterocycles. The van der Waals surface area contributed by atoms with E-state index in [0.29, 0.717) is 6.04 Å². The molecule has 2 aromatic rings. The second-order valence-corrected chi connectivity index (χ2v) is 5.47. The lowest BCUT2D eigenvalue weighted by atomic mass is 10.1. The van der Waals surface area contributed by atoms with Gasteiger partial charge in [0.25, 0.3) is 0 Å². The fraction of sp³-hybridized carbons (Fsp3) is 0.500. The van der Waals surface area contributed by atoms with Crippen molar-refractivity contribution >= 4 is 22.4 Å².